The van der Waals surface area contributed by atoms with Gasteiger partial charge in [-0.25, -0.2) is 9.97 Å². The van der Waals surface area contributed by atoms with E-state index in [1.54, 1.807) is 30.6 Å². The molecule has 0 spiro atoms. The second kappa shape index (κ2) is 7.24. The van der Waals surface area contributed by atoms with E-state index in [2.05, 4.69) is 14.9 Å². The summed E-state index contributed by atoms with van der Waals surface area (Å²) in [5.41, 5.74) is 0.919. The maximum atomic E-state index is 12.3. The lowest BCUT2D eigenvalue weighted by molar-refractivity contribution is -0.126. The number of rotatable bonds is 3. The van der Waals surface area contributed by atoms with E-state index < -0.39 is 0 Å². The maximum absolute atomic E-state index is 12.3. The van der Waals surface area contributed by atoms with Crippen LogP contribution in [0.2, 0.25) is 5.02 Å². The zero-order valence-electron chi connectivity index (χ0n) is 12.6. The van der Waals surface area contributed by atoms with Crippen LogP contribution >= 0.6 is 11.6 Å². The molecule has 0 N–H and O–H groups in total. The summed E-state index contributed by atoms with van der Waals surface area (Å²) in [5, 5.41) is 0.663. The zero-order valence-corrected chi connectivity index (χ0v) is 13.4. The van der Waals surface area contributed by atoms with Crippen molar-refractivity contribution < 1.29 is 4.79 Å². The fraction of sp³-hybridized carbons (Fsp3) is 0.235. The van der Waals surface area contributed by atoms with Crippen LogP contribution < -0.4 is 4.90 Å². The molecule has 1 fully saturated rings. The minimum absolute atomic E-state index is 0.0126. The summed E-state index contributed by atoms with van der Waals surface area (Å²) in [4.78, 5) is 24.7. The second-order valence-corrected chi connectivity index (χ2v) is 5.69. The quantitative estimate of drug-likeness (QED) is 0.812. The van der Waals surface area contributed by atoms with Gasteiger partial charge in [-0.3, -0.25) is 4.79 Å². The molecular formula is C17H17ClN4O. The van der Waals surface area contributed by atoms with Crippen LogP contribution in [0.4, 0.5) is 5.95 Å². The van der Waals surface area contributed by atoms with Gasteiger partial charge in [0, 0.05) is 49.7 Å². The summed E-state index contributed by atoms with van der Waals surface area (Å²) >= 11 is 5.94. The molecule has 2 heterocycles. The first kappa shape index (κ1) is 15.5. The van der Waals surface area contributed by atoms with Gasteiger partial charge in [-0.15, -0.1) is 0 Å². The first-order valence-corrected chi connectivity index (χ1v) is 7.85. The van der Waals surface area contributed by atoms with Crippen LogP contribution in [-0.2, 0) is 4.79 Å². The Balaban J connectivity index is 1.56. The first-order valence-electron chi connectivity index (χ1n) is 7.47. The number of nitrogens with zero attached hydrogens (tertiary/aromatic N) is 4. The molecule has 0 aliphatic carbocycles. The minimum Gasteiger partial charge on any atom is -0.337 e. The van der Waals surface area contributed by atoms with Crippen molar-refractivity contribution in [2.45, 2.75) is 0 Å². The topological polar surface area (TPSA) is 49.3 Å². The highest BCUT2D eigenvalue weighted by atomic mass is 35.5. The third-order valence-electron chi connectivity index (χ3n) is 3.69. The number of anilines is 1. The Morgan fingerprint density at radius 2 is 1.83 bits per heavy atom. The normalized spacial score (nSPS) is 15.2. The summed E-state index contributed by atoms with van der Waals surface area (Å²) in [6.45, 7) is 2.80. The standard InChI is InChI=1S/C17H17ClN4O/c18-15-4-1-3-14(13-15)5-6-16(23)21-9-11-22(12-10-21)17-19-7-2-8-20-17/h1-8,13H,9-12H2/b6-5+. The molecular weight excluding hydrogens is 312 g/mol. The molecule has 6 heteroatoms. The number of aromatic nitrogens is 2. The third kappa shape index (κ3) is 4.07. The molecule has 118 valence electrons. The van der Waals surface area contributed by atoms with Crippen LogP contribution in [0.15, 0.2) is 48.8 Å². The fourth-order valence-corrected chi connectivity index (χ4v) is 2.66. The molecule has 5 nitrogen and oxygen atoms in total. The number of carbonyl (C=O) groups excluding carboxylic acids is 1. The number of carbonyl (C=O) groups is 1. The van der Waals surface area contributed by atoms with Crippen molar-refractivity contribution >= 4 is 29.5 Å². The van der Waals surface area contributed by atoms with E-state index in [0.29, 0.717) is 24.1 Å². The molecule has 1 aromatic carbocycles. The molecule has 1 saturated heterocycles. The highest BCUT2D eigenvalue weighted by Gasteiger charge is 2.20. The third-order valence-corrected chi connectivity index (χ3v) is 3.93. The summed E-state index contributed by atoms with van der Waals surface area (Å²) in [7, 11) is 0. The Kier molecular flexibility index (Phi) is 4.88. The molecule has 0 radical (unpaired) electrons. The maximum Gasteiger partial charge on any atom is 0.246 e. The van der Waals surface area contributed by atoms with Crippen LogP contribution in [0.25, 0.3) is 6.08 Å². The SMILES string of the molecule is O=C(/C=C/c1cccc(Cl)c1)N1CCN(c2ncccn2)CC1. The fourth-order valence-electron chi connectivity index (χ4n) is 2.46. The molecule has 0 atom stereocenters. The largest absolute Gasteiger partial charge is 0.337 e. The number of benzene rings is 1. The molecule has 2 aromatic rings. The molecule has 1 aliphatic heterocycles. The summed E-state index contributed by atoms with van der Waals surface area (Å²) in [5.74, 6) is 0.729. The Morgan fingerprint density at radius 1 is 1.09 bits per heavy atom. The highest BCUT2D eigenvalue weighted by molar-refractivity contribution is 6.30. The summed E-state index contributed by atoms with van der Waals surface area (Å²) in [6, 6.07) is 9.22. The summed E-state index contributed by atoms with van der Waals surface area (Å²) in [6.07, 6.45) is 6.85. The molecule has 23 heavy (non-hydrogen) atoms. The average molecular weight is 329 g/mol. The van der Waals surface area contributed by atoms with Crippen LogP contribution in [0.1, 0.15) is 5.56 Å². The van der Waals surface area contributed by atoms with Crippen LogP contribution in [0.3, 0.4) is 0 Å². The predicted octanol–water partition coefficient (Wildman–Crippen LogP) is 2.49. The van der Waals surface area contributed by atoms with Crippen molar-refractivity contribution in [2.24, 2.45) is 0 Å². The van der Waals surface area contributed by atoms with Crippen molar-refractivity contribution in [3.63, 3.8) is 0 Å². The van der Waals surface area contributed by atoms with Crippen molar-refractivity contribution in [1.82, 2.24) is 14.9 Å². The lowest BCUT2D eigenvalue weighted by Gasteiger charge is -2.34. The van der Waals surface area contributed by atoms with E-state index in [9.17, 15) is 4.79 Å². The Labute approximate surface area is 140 Å². The van der Waals surface area contributed by atoms with Gasteiger partial charge in [0.1, 0.15) is 0 Å². The zero-order chi connectivity index (χ0) is 16.1. The number of hydrogen-bond donors (Lipinski definition) is 0. The van der Waals surface area contributed by atoms with E-state index >= 15 is 0 Å². The van der Waals surface area contributed by atoms with E-state index in [-0.39, 0.29) is 5.91 Å². The monoisotopic (exact) mass is 328 g/mol. The molecule has 1 aliphatic rings. The molecule has 0 unspecified atom stereocenters. The van der Waals surface area contributed by atoms with Crippen molar-refractivity contribution in [3.05, 3.63) is 59.4 Å². The van der Waals surface area contributed by atoms with Gasteiger partial charge in [0.25, 0.3) is 0 Å². The van der Waals surface area contributed by atoms with Gasteiger partial charge in [-0.05, 0) is 29.8 Å². The van der Waals surface area contributed by atoms with Crippen molar-refractivity contribution in [2.75, 3.05) is 31.1 Å². The van der Waals surface area contributed by atoms with Gasteiger partial charge in [0.05, 0.1) is 0 Å². The van der Waals surface area contributed by atoms with Crippen molar-refractivity contribution in [3.8, 4) is 0 Å². The molecule has 1 aromatic heterocycles. The van der Waals surface area contributed by atoms with E-state index in [4.69, 9.17) is 11.6 Å². The van der Waals surface area contributed by atoms with Crippen LogP contribution in [0, 0.1) is 0 Å². The second-order valence-electron chi connectivity index (χ2n) is 5.25. The lowest BCUT2D eigenvalue weighted by atomic mass is 10.2. The Hall–Kier alpha value is -2.40. The first-order chi connectivity index (χ1) is 11.2. The predicted molar refractivity (Wildman–Crippen MR) is 91.3 cm³/mol. The van der Waals surface area contributed by atoms with Gasteiger partial charge < -0.3 is 9.80 Å². The Bertz CT molecular complexity index is 697. The highest BCUT2D eigenvalue weighted by Crippen LogP contribution is 2.13. The molecule has 0 saturated carbocycles. The molecule has 3 rings (SSSR count). The van der Waals surface area contributed by atoms with Gasteiger partial charge in [0.15, 0.2) is 0 Å². The lowest BCUT2D eigenvalue weighted by Crippen LogP contribution is -2.48. The van der Waals surface area contributed by atoms with E-state index in [1.165, 1.54) is 0 Å². The van der Waals surface area contributed by atoms with Gasteiger partial charge in [0.2, 0.25) is 11.9 Å². The van der Waals surface area contributed by atoms with Crippen LogP contribution in [-0.4, -0.2) is 47.0 Å². The number of piperazine rings is 1. The number of halogens is 1. The average Bonchev–Trinajstić information content (AvgIpc) is 2.61. The van der Waals surface area contributed by atoms with E-state index in [0.717, 1.165) is 18.7 Å². The molecule has 0 bridgehead atoms. The summed E-state index contributed by atoms with van der Waals surface area (Å²) < 4.78 is 0. The Morgan fingerprint density at radius 3 is 2.52 bits per heavy atom. The van der Waals surface area contributed by atoms with Gasteiger partial charge in [-0.2, -0.15) is 0 Å². The van der Waals surface area contributed by atoms with Crippen molar-refractivity contribution in [1.29, 1.82) is 0 Å². The van der Waals surface area contributed by atoms with E-state index in [1.807, 2.05) is 29.2 Å². The number of hydrogen-bond acceptors (Lipinski definition) is 4. The van der Waals surface area contributed by atoms with Crippen LogP contribution in [0.5, 0.6) is 0 Å². The molecule has 1 amide bonds. The van der Waals surface area contributed by atoms with Gasteiger partial charge in [-0.1, -0.05) is 23.7 Å². The number of amides is 1. The smallest absolute Gasteiger partial charge is 0.246 e. The minimum atomic E-state index is 0.0126. The van der Waals surface area contributed by atoms with Gasteiger partial charge >= 0.3 is 0 Å².